The zero-order valence-corrected chi connectivity index (χ0v) is 6.84. The monoisotopic (exact) mass is 154 g/mol. The molecular weight excluding hydrogens is 140 g/mol. The standard InChI is InChI=1S/C9H14O2/c1-3-9(10)7-5-4-6-8(9)11-2/h1,8,10H,4-7H2,2H3. The van der Waals surface area contributed by atoms with Gasteiger partial charge in [-0.05, 0) is 19.3 Å². The lowest BCUT2D eigenvalue weighted by molar-refractivity contribution is -0.0794. The first-order chi connectivity index (χ1) is 5.23. The topological polar surface area (TPSA) is 29.5 Å². The van der Waals surface area contributed by atoms with Crippen molar-refractivity contribution in [2.45, 2.75) is 37.4 Å². The van der Waals surface area contributed by atoms with Gasteiger partial charge in [-0.15, -0.1) is 6.42 Å². The molecule has 1 rings (SSSR count). The number of aliphatic hydroxyl groups is 1. The number of hydrogen-bond acceptors (Lipinski definition) is 2. The van der Waals surface area contributed by atoms with Crippen LogP contribution in [-0.2, 0) is 4.74 Å². The molecule has 0 aromatic carbocycles. The molecule has 2 nitrogen and oxygen atoms in total. The summed E-state index contributed by atoms with van der Waals surface area (Å²) in [5, 5.41) is 9.78. The third kappa shape index (κ3) is 1.55. The van der Waals surface area contributed by atoms with Crippen molar-refractivity contribution in [1.29, 1.82) is 0 Å². The Balaban J connectivity index is 2.67. The fourth-order valence-electron chi connectivity index (χ4n) is 1.60. The molecule has 0 saturated heterocycles. The third-order valence-electron chi connectivity index (χ3n) is 2.34. The van der Waals surface area contributed by atoms with E-state index < -0.39 is 5.60 Å². The van der Waals surface area contributed by atoms with E-state index >= 15 is 0 Å². The van der Waals surface area contributed by atoms with E-state index in [4.69, 9.17) is 11.2 Å². The second kappa shape index (κ2) is 3.25. The normalized spacial score (nSPS) is 38.1. The number of ether oxygens (including phenoxy) is 1. The van der Waals surface area contributed by atoms with E-state index in [2.05, 4.69) is 5.92 Å². The summed E-state index contributed by atoms with van der Waals surface area (Å²) >= 11 is 0. The van der Waals surface area contributed by atoms with E-state index in [0.29, 0.717) is 6.42 Å². The molecule has 1 N–H and O–H groups in total. The zero-order chi connectivity index (χ0) is 8.32. The zero-order valence-electron chi connectivity index (χ0n) is 6.84. The SMILES string of the molecule is C#CC1(O)CCCCC1OC. The summed E-state index contributed by atoms with van der Waals surface area (Å²) in [5.74, 6) is 2.41. The molecule has 0 spiro atoms. The molecule has 11 heavy (non-hydrogen) atoms. The highest BCUT2D eigenvalue weighted by Gasteiger charge is 2.37. The molecule has 1 saturated carbocycles. The van der Waals surface area contributed by atoms with Crippen molar-refractivity contribution in [3.05, 3.63) is 0 Å². The first kappa shape index (κ1) is 8.58. The summed E-state index contributed by atoms with van der Waals surface area (Å²) in [5.41, 5.74) is -1.01. The van der Waals surface area contributed by atoms with Crippen molar-refractivity contribution in [1.82, 2.24) is 0 Å². The average molecular weight is 154 g/mol. The molecule has 0 amide bonds. The number of hydrogen-bond donors (Lipinski definition) is 1. The van der Waals surface area contributed by atoms with Crippen molar-refractivity contribution >= 4 is 0 Å². The van der Waals surface area contributed by atoms with Gasteiger partial charge in [0, 0.05) is 7.11 Å². The molecule has 0 aromatic rings. The first-order valence-electron chi connectivity index (χ1n) is 3.96. The van der Waals surface area contributed by atoms with Crippen LogP contribution >= 0.6 is 0 Å². The minimum Gasteiger partial charge on any atom is -0.377 e. The Morgan fingerprint density at radius 1 is 1.64 bits per heavy atom. The molecule has 1 aliphatic rings. The molecule has 2 heteroatoms. The van der Waals surface area contributed by atoms with Crippen LogP contribution in [0, 0.1) is 12.3 Å². The minimum absolute atomic E-state index is 0.166. The summed E-state index contributed by atoms with van der Waals surface area (Å²) < 4.78 is 5.11. The van der Waals surface area contributed by atoms with Gasteiger partial charge in [0.1, 0.15) is 0 Å². The fraction of sp³-hybridized carbons (Fsp3) is 0.778. The van der Waals surface area contributed by atoms with Gasteiger partial charge in [0.15, 0.2) is 5.60 Å². The van der Waals surface area contributed by atoms with Gasteiger partial charge >= 0.3 is 0 Å². The van der Waals surface area contributed by atoms with Gasteiger partial charge in [-0.1, -0.05) is 12.3 Å². The predicted molar refractivity (Wildman–Crippen MR) is 43.0 cm³/mol. The van der Waals surface area contributed by atoms with Crippen molar-refractivity contribution in [3.63, 3.8) is 0 Å². The molecule has 0 heterocycles. The number of terminal acetylenes is 1. The van der Waals surface area contributed by atoms with Crippen molar-refractivity contribution in [2.24, 2.45) is 0 Å². The highest BCUT2D eigenvalue weighted by Crippen LogP contribution is 2.29. The Hall–Kier alpha value is -0.520. The summed E-state index contributed by atoms with van der Waals surface area (Å²) in [4.78, 5) is 0. The molecule has 1 fully saturated rings. The van der Waals surface area contributed by atoms with E-state index in [-0.39, 0.29) is 6.10 Å². The van der Waals surface area contributed by atoms with Crippen LogP contribution in [0.5, 0.6) is 0 Å². The Labute approximate surface area is 67.6 Å². The van der Waals surface area contributed by atoms with E-state index in [1.54, 1.807) is 7.11 Å². The largest absolute Gasteiger partial charge is 0.377 e. The van der Waals surface area contributed by atoms with Gasteiger partial charge in [0.2, 0.25) is 0 Å². The van der Waals surface area contributed by atoms with Crippen LogP contribution in [0.25, 0.3) is 0 Å². The van der Waals surface area contributed by atoms with Crippen LogP contribution in [-0.4, -0.2) is 23.9 Å². The molecule has 0 radical (unpaired) electrons. The molecule has 62 valence electrons. The summed E-state index contributed by atoms with van der Waals surface area (Å²) in [6.07, 6.45) is 8.70. The van der Waals surface area contributed by atoms with E-state index in [9.17, 15) is 5.11 Å². The number of methoxy groups -OCH3 is 1. The van der Waals surface area contributed by atoms with Crippen LogP contribution in [0.1, 0.15) is 25.7 Å². The van der Waals surface area contributed by atoms with E-state index in [1.165, 1.54) is 0 Å². The first-order valence-corrected chi connectivity index (χ1v) is 3.96. The highest BCUT2D eigenvalue weighted by molar-refractivity contribution is 5.12. The Morgan fingerprint density at radius 2 is 2.36 bits per heavy atom. The van der Waals surface area contributed by atoms with Crippen LogP contribution < -0.4 is 0 Å². The number of rotatable bonds is 1. The van der Waals surface area contributed by atoms with Crippen molar-refractivity contribution < 1.29 is 9.84 Å². The molecular formula is C9H14O2. The maximum atomic E-state index is 9.78. The smallest absolute Gasteiger partial charge is 0.151 e. The molecule has 2 unspecified atom stereocenters. The second-order valence-corrected chi connectivity index (χ2v) is 3.04. The molecule has 0 aromatic heterocycles. The third-order valence-corrected chi connectivity index (χ3v) is 2.34. The maximum Gasteiger partial charge on any atom is 0.151 e. The lowest BCUT2D eigenvalue weighted by Gasteiger charge is -2.34. The lowest BCUT2D eigenvalue weighted by atomic mass is 9.83. The minimum atomic E-state index is -1.01. The molecule has 0 aliphatic heterocycles. The second-order valence-electron chi connectivity index (χ2n) is 3.04. The van der Waals surface area contributed by atoms with Crippen molar-refractivity contribution in [2.75, 3.05) is 7.11 Å². The predicted octanol–water partition coefficient (Wildman–Crippen LogP) is 0.940. The fourth-order valence-corrected chi connectivity index (χ4v) is 1.60. The van der Waals surface area contributed by atoms with Gasteiger partial charge in [-0.25, -0.2) is 0 Å². The van der Waals surface area contributed by atoms with E-state index in [1.807, 2.05) is 0 Å². The van der Waals surface area contributed by atoms with Gasteiger partial charge < -0.3 is 9.84 Å². The van der Waals surface area contributed by atoms with Gasteiger partial charge in [0.25, 0.3) is 0 Å². The average Bonchev–Trinajstić information content (AvgIpc) is 2.05. The Kier molecular flexibility index (Phi) is 2.53. The molecule has 0 bridgehead atoms. The van der Waals surface area contributed by atoms with Crippen LogP contribution in [0.2, 0.25) is 0 Å². The van der Waals surface area contributed by atoms with Gasteiger partial charge in [-0.2, -0.15) is 0 Å². The summed E-state index contributed by atoms with van der Waals surface area (Å²) in [6, 6.07) is 0. The lowest BCUT2D eigenvalue weighted by Crippen LogP contribution is -2.44. The maximum absolute atomic E-state index is 9.78. The molecule has 2 atom stereocenters. The van der Waals surface area contributed by atoms with Crippen molar-refractivity contribution in [3.8, 4) is 12.3 Å². The highest BCUT2D eigenvalue weighted by atomic mass is 16.5. The van der Waals surface area contributed by atoms with Gasteiger partial charge in [0.05, 0.1) is 6.10 Å². The molecule has 1 aliphatic carbocycles. The Bertz CT molecular complexity index is 171. The van der Waals surface area contributed by atoms with Crippen LogP contribution in [0.3, 0.4) is 0 Å². The van der Waals surface area contributed by atoms with E-state index in [0.717, 1.165) is 19.3 Å². The summed E-state index contributed by atoms with van der Waals surface area (Å²) in [7, 11) is 1.60. The quantitative estimate of drug-likeness (QED) is 0.569. The van der Waals surface area contributed by atoms with Crippen LogP contribution in [0.15, 0.2) is 0 Å². The summed E-state index contributed by atoms with van der Waals surface area (Å²) in [6.45, 7) is 0. The van der Waals surface area contributed by atoms with Crippen LogP contribution in [0.4, 0.5) is 0 Å². The Morgan fingerprint density at radius 3 is 2.82 bits per heavy atom. The van der Waals surface area contributed by atoms with Gasteiger partial charge in [-0.3, -0.25) is 0 Å².